The van der Waals surface area contributed by atoms with Crippen molar-refractivity contribution in [3.63, 3.8) is 0 Å². The van der Waals surface area contributed by atoms with E-state index < -0.39 is 10.0 Å². The van der Waals surface area contributed by atoms with Crippen LogP contribution in [0.1, 0.15) is 12.8 Å². The number of sulfonamides is 1. The Hall–Kier alpha value is -2.09. The Bertz CT molecular complexity index is 904. The van der Waals surface area contributed by atoms with Gasteiger partial charge in [-0.15, -0.1) is 0 Å². The van der Waals surface area contributed by atoms with E-state index in [1.807, 2.05) is 24.3 Å². The fourth-order valence-corrected chi connectivity index (χ4v) is 5.90. The topological polar surface area (TPSA) is 53.1 Å². The summed E-state index contributed by atoms with van der Waals surface area (Å²) in [5.74, 6) is 0.917. The summed E-state index contributed by atoms with van der Waals surface area (Å²) in [6, 6.07) is 17.4. The first-order valence-electron chi connectivity index (χ1n) is 10.3. The molecule has 0 aromatic heterocycles. The Labute approximate surface area is 173 Å². The third kappa shape index (κ3) is 4.27. The van der Waals surface area contributed by atoms with E-state index in [0.29, 0.717) is 24.0 Å². The fraction of sp³-hybridized carbons (Fsp3) is 0.455. The monoisotopic (exact) mass is 415 g/mol. The highest BCUT2D eigenvalue weighted by Gasteiger charge is 2.33. The zero-order valence-corrected chi connectivity index (χ0v) is 17.7. The lowest BCUT2D eigenvalue weighted by molar-refractivity contribution is 0.132. The molecule has 0 bridgehead atoms. The lowest BCUT2D eigenvalue weighted by Gasteiger charge is -2.43. The van der Waals surface area contributed by atoms with Crippen LogP contribution >= 0.6 is 0 Å². The highest BCUT2D eigenvalue weighted by molar-refractivity contribution is 7.89. The summed E-state index contributed by atoms with van der Waals surface area (Å²) in [7, 11) is -1.66. The van der Waals surface area contributed by atoms with Gasteiger partial charge in [-0.25, -0.2) is 8.42 Å². The van der Waals surface area contributed by atoms with Crippen molar-refractivity contribution in [2.75, 3.05) is 51.3 Å². The van der Waals surface area contributed by atoms with Crippen molar-refractivity contribution >= 4 is 15.7 Å². The third-order valence-electron chi connectivity index (χ3n) is 6.06. The molecule has 0 atom stereocenters. The molecule has 2 aromatic carbocycles. The maximum atomic E-state index is 12.8. The van der Waals surface area contributed by atoms with Gasteiger partial charge in [0.15, 0.2) is 0 Å². The van der Waals surface area contributed by atoms with E-state index in [1.54, 1.807) is 35.7 Å². The molecule has 7 heteroatoms. The van der Waals surface area contributed by atoms with Crippen molar-refractivity contribution in [2.45, 2.75) is 23.8 Å². The molecule has 2 aliphatic heterocycles. The lowest BCUT2D eigenvalue weighted by atomic mass is 10.0. The van der Waals surface area contributed by atoms with Crippen molar-refractivity contribution in [2.24, 2.45) is 0 Å². The molecule has 0 amide bonds. The first-order valence-corrected chi connectivity index (χ1v) is 11.7. The third-order valence-corrected chi connectivity index (χ3v) is 7.97. The minimum absolute atomic E-state index is 0.392. The highest BCUT2D eigenvalue weighted by Crippen LogP contribution is 2.30. The van der Waals surface area contributed by atoms with Crippen molar-refractivity contribution < 1.29 is 13.2 Å². The van der Waals surface area contributed by atoms with E-state index in [4.69, 9.17) is 4.74 Å². The molecular formula is C22H29N3O3S. The van der Waals surface area contributed by atoms with Gasteiger partial charge in [-0.2, -0.15) is 4.31 Å². The zero-order valence-electron chi connectivity index (χ0n) is 16.9. The summed E-state index contributed by atoms with van der Waals surface area (Å²) >= 11 is 0. The van der Waals surface area contributed by atoms with Gasteiger partial charge < -0.3 is 9.64 Å². The first-order chi connectivity index (χ1) is 14.1. The second kappa shape index (κ2) is 8.73. The van der Waals surface area contributed by atoms with Gasteiger partial charge in [0.1, 0.15) is 5.75 Å². The average molecular weight is 416 g/mol. The maximum absolute atomic E-state index is 12.8. The molecule has 0 unspecified atom stereocenters. The number of methoxy groups -OCH3 is 1. The van der Waals surface area contributed by atoms with Crippen LogP contribution in [0.4, 0.5) is 5.69 Å². The summed E-state index contributed by atoms with van der Waals surface area (Å²) in [5.41, 5.74) is 1.15. The molecule has 29 heavy (non-hydrogen) atoms. The van der Waals surface area contributed by atoms with Gasteiger partial charge >= 0.3 is 0 Å². The van der Waals surface area contributed by atoms with Crippen LogP contribution in [-0.4, -0.2) is 70.0 Å². The Morgan fingerprint density at radius 3 is 2.10 bits per heavy atom. The van der Waals surface area contributed by atoms with E-state index in [-0.39, 0.29) is 0 Å². The number of piperazine rings is 1. The van der Waals surface area contributed by atoms with Gasteiger partial charge in [0.2, 0.25) is 10.0 Å². The largest absolute Gasteiger partial charge is 0.495 e. The minimum atomic E-state index is -3.38. The molecule has 2 saturated heterocycles. The van der Waals surface area contributed by atoms with Crippen LogP contribution in [0, 0.1) is 0 Å². The molecule has 2 fully saturated rings. The molecule has 0 saturated carbocycles. The number of ether oxygens (including phenoxy) is 1. The van der Waals surface area contributed by atoms with E-state index >= 15 is 0 Å². The van der Waals surface area contributed by atoms with Gasteiger partial charge in [-0.05, 0) is 37.1 Å². The lowest BCUT2D eigenvalue weighted by Crippen LogP contribution is -2.53. The number of nitrogens with zero attached hydrogens (tertiary/aromatic N) is 3. The van der Waals surface area contributed by atoms with Crippen molar-refractivity contribution in [3.8, 4) is 5.75 Å². The van der Waals surface area contributed by atoms with E-state index in [1.165, 1.54) is 0 Å². The predicted octanol–water partition coefficient (Wildman–Crippen LogP) is 2.67. The predicted molar refractivity (Wildman–Crippen MR) is 115 cm³/mol. The van der Waals surface area contributed by atoms with Crippen LogP contribution in [0.5, 0.6) is 5.75 Å². The molecular weight excluding hydrogens is 386 g/mol. The summed E-state index contributed by atoms with van der Waals surface area (Å²) < 4.78 is 32.8. The molecule has 0 spiro atoms. The van der Waals surface area contributed by atoms with Crippen LogP contribution in [0.2, 0.25) is 0 Å². The smallest absolute Gasteiger partial charge is 0.243 e. The summed E-state index contributed by atoms with van der Waals surface area (Å²) in [4.78, 5) is 5.30. The average Bonchev–Trinajstić information content (AvgIpc) is 2.80. The molecule has 2 aromatic rings. The molecule has 0 aliphatic carbocycles. The van der Waals surface area contributed by atoms with Crippen LogP contribution in [-0.2, 0) is 10.0 Å². The number of benzene rings is 2. The number of rotatable bonds is 5. The summed E-state index contributed by atoms with van der Waals surface area (Å²) in [5, 5.41) is 0. The number of para-hydroxylation sites is 2. The van der Waals surface area contributed by atoms with Crippen LogP contribution in [0.25, 0.3) is 0 Å². The molecule has 0 radical (unpaired) electrons. The van der Waals surface area contributed by atoms with E-state index in [0.717, 1.165) is 50.5 Å². The van der Waals surface area contributed by atoms with Gasteiger partial charge in [0.25, 0.3) is 0 Å². The van der Waals surface area contributed by atoms with Gasteiger partial charge in [0, 0.05) is 45.3 Å². The van der Waals surface area contributed by atoms with Crippen LogP contribution < -0.4 is 9.64 Å². The number of hydrogen-bond donors (Lipinski definition) is 0. The molecule has 0 N–H and O–H groups in total. The van der Waals surface area contributed by atoms with Crippen LogP contribution in [0.15, 0.2) is 59.5 Å². The summed E-state index contributed by atoms with van der Waals surface area (Å²) in [6.07, 6.45) is 1.78. The Morgan fingerprint density at radius 2 is 1.45 bits per heavy atom. The SMILES string of the molecule is COc1ccccc1N1CCN(C2CCN(S(=O)(=O)c3ccccc3)CC2)CC1. The molecule has 6 nitrogen and oxygen atoms in total. The number of anilines is 1. The van der Waals surface area contributed by atoms with Gasteiger partial charge in [0.05, 0.1) is 17.7 Å². The zero-order chi connectivity index (χ0) is 20.3. The number of piperidine rings is 1. The quantitative estimate of drug-likeness (QED) is 0.752. The van der Waals surface area contributed by atoms with Gasteiger partial charge in [-0.1, -0.05) is 30.3 Å². The fourth-order valence-electron chi connectivity index (χ4n) is 4.41. The second-order valence-electron chi connectivity index (χ2n) is 7.64. The summed E-state index contributed by atoms with van der Waals surface area (Å²) in [6.45, 7) is 5.09. The Kier molecular flexibility index (Phi) is 6.08. The Morgan fingerprint density at radius 1 is 0.828 bits per heavy atom. The van der Waals surface area contributed by atoms with E-state index in [2.05, 4.69) is 15.9 Å². The standard InChI is InChI=1S/C22H29N3O3S/c1-28-22-10-6-5-9-21(22)24-17-15-23(16-18-24)19-11-13-25(14-12-19)29(26,27)20-7-3-2-4-8-20/h2-10,19H,11-18H2,1H3. The molecule has 2 aliphatic rings. The first kappa shape index (κ1) is 20.2. The Balaban J connectivity index is 1.32. The second-order valence-corrected chi connectivity index (χ2v) is 9.58. The number of hydrogen-bond acceptors (Lipinski definition) is 5. The molecule has 2 heterocycles. The van der Waals surface area contributed by atoms with E-state index in [9.17, 15) is 8.42 Å². The van der Waals surface area contributed by atoms with Crippen molar-refractivity contribution in [1.82, 2.24) is 9.21 Å². The normalized spacial score (nSPS) is 20.0. The van der Waals surface area contributed by atoms with Gasteiger partial charge in [-0.3, -0.25) is 4.90 Å². The highest BCUT2D eigenvalue weighted by atomic mass is 32.2. The maximum Gasteiger partial charge on any atom is 0.243 e. The van der Waals surface area contributed by atoms with Crippen LogP contribution in [0.3, 0.4) is 0 Å². The minimum Gasteiger partial charge on any atom is -0.495 e. The molecule has 4 rings (SSSR count). The van der Waals surface area contributed by atoms with Crippen molar-refractivity contribution in [1.29, 1.82) is 0 Å². The van der Waals surface area contributed by atoms with Crippen molar-refractivity contribution in [3.05, 3.63) is 54.6 Å². The molecule has 156 valence electrons.